The third-order valence-corrected chi connectivity index (χ3v) is 3.85. The molecular weight excluding hydrogens is 308 g/mol. The maximum atomic E-state index is 12.7. The van der Waals surface area contributed by atoms with Crippen LogP contribution in [0.5, 0.6) is 0 Å². The molecule has 0 unspecified atom stereocenters. The molecule has 1 aromatic heterocycles. The molecule has 1 N–H and O–H groups in total. The fourth-order valence-electron chi connectivity index (χ4n) is 2.49. The number of morpholine rings is 1. The third kappa shape index (κ3) is 3.57. The van der Waals surface area contributed by atoms with Crippen molar-refractivity contribution < 1.29 is 14.3 Å². The highest BCUT2D eigenvalue weighted by Gasteiger charge is 2.20. The van der Waals surface area contributed by atoms with Gasteiger partial charge in [0.2, 0.25) is 0 Å². The lowest BCUT2D eigenvalue weighted by Gasteiger charge is -2.27. The third-order valence-electron chi connectivity index (χ3n) is 3.85. The van der Waals surface area contributed by atoms with Crippen molar-refractivity contribution in [1.29, 1.82) is 0 Å². The van der Waals surface area contributed by atoms with Crippen LogP contribution < -0.4 is 5.32 Å². The van der Waals surface area contributed by atoms with Crippen LogP contribution in [0, 0.1) is 6.92 Å². The quantitative estimate of drug-likeness (QED) is 0.924. The van der Waals surface area contributed by atoms with Crippen LogP contribution >= 0.6 is 0 Å². The number of nitrogens with one attached hydrogen (secondary N) is 1. The Kier molecular flexibility index (Phi) is 4.81. The molecule has 1 saturated heterocycles. The zero-order chi connectivity index (χ0) is 16.9. The molecular formula is C17H18N4O3. The van der Waals surface area contributed by atoms with Gasteiger partial charge in [0.15, 0.2) is 0 Å². The smallest absolute Gasteiger partial charge is 0.258 e. The van der Waals surface area contributed by atoms with Crippen molar-refractivity contribution in [3.63, 3.8) is 0 Å². The maximum Gasteiger partial charge on any atom is 0.258 e. The molecule has 0 bridgehead atoms. The Morgan fingerprint density at radius 3 is 2.58 bits per heavy atom. The van der Waals surface area contributed by atoms with Crippen molar-refractivity contribution in [3.05, 3.63) is 53.6 Å². The molecule has 0 radical (unpaired) electrons. The van der Waals surface area contributed by atoms with Crippen molar-refractivity contribution in [2.45, 2.75) is 6.92 Å². The average Bonchev–Trinajstić information content (AvgIpc) is 2.64. The van der Waals surface area contributed by atoms with Crippen LogP contribution in [0.2, 0.25) is 0 Å². The van der Waals surface area contributed by atoms with Gasteiger partial charge in [-0.05, 0) is 24.6 Å². The van der Waals surface area contributed by atoms with Gasteiger partial charge in [0, 0.05) is 36.7 Å². The Labute approximate surface area is 139 Å². The first-order chi connectivity index (χ1) is 11.6. The Hall–Kier alpha value is -2.80. The van der Waals surface area contributed by atoms with Gasteiger partial charge in [0.1, 0.15) is 6.33 Å². The maximum absolute atomic E-state index is 12.7. The number of hydrogen-bond donors (Lipinski definition) is 1. The van der Waals surface area contributed by atoms with E-state index >= 15 is 0 Å². The molecule has 2 aromatic rings. The molecule has 1 aliphatic heterocycles. The monoisotopic (exact) mass is 326 g/mol. The molecule has 3 rings (SSSR count). The largest absolute Gasteiger partial charge is 0.378 e. The van der Waals surface area contributed by atoms with E-state index in [2.05, 4.69) is 15.3 Å². The first-order valence-electron chi connectivity index (χ1n) is 7.69. The minimum absolute atomic E-state index is 0.0463. The van der Waals surface area contributed by atoms with Crippen LogP contribution in [0.4, 0.5) is 5.69 Å². The van der Waals surface area contributed by atoms with Gasteiger partial charge < -0.3 is 15.0 Å². The van der Waals surface area contributed by atoms with Gasteiger partial charge in [-0.1, -0.05) is 6.07 Å². The lowest BCUT2D eigenvalue weighted by Crippen LogP contribution is -2.41. The fraction of sp³-hybridized carbons (Fsp3) is 0.294. The zero-order valence-corrected chi connectivity index (χ0v) is 13.4. The number of amides is 2. The predicted octanol–water partition coefficient (Wildman–Crippen LogP) is 1.51. The van der Waals surface area contributed by atoms with E-state index in [-0.39, 0.29) is 11.8 Å². The summed E-state index contributed by atoms with van der Waals surface area (Å²) in [7, 11) is 0. The number of carbonyl (C=O) groups excluding carboxylic acids is 2. The van der Waals surface area contributed by atoms with E-state index < -0.39 is 0 Å². The van der Waals surface area contributed by atoms with Crippen LogP contribution in [0.25, 0.3) is 0 Å². The van der Waals surface area contributed by atoms with Crippen LogP contribution in [0.15, 0.2) is 36.9 Å². The molecule has 0 saturated carbocycles. The van der Waals surface area contributed by atoms with Crippen LogP contribution in [-0.2, 0) is 4.74 Å². The van der Waals surface area contributed by atoms with Crippen molar-refractivity contribution in [2.24, 2.45) is 0 Å². The minimum Gasteiger partial charge on any atom is -0.378 e. The van der Waals surface area contributed by atoms with Crippen LogP contribution in [0.3, 0.4) is 0 Å². The Bertz CT molecular complexity index is 743. The molecule has 2 heterocycles. The summed E-state index contributed by atoms with van der Waals surface area (Å²) < 4.78 is 5.28. The summed E-state index contributed by atoms with van der Waals surface area (Å²) in [5.74, 6) is -0.362. The second-order valence-electron chi connectivity index (χ2n) is 5.52. The molecule has 24 heavy (non-hydrogen) atoms. The van der Waals surface area contributed by atoms with E-state index in [1.54, 1.807) is 17.0 Å². The van der Waals surface area contributed by atoms with Crippen molar-refractivity contribution in [1.82, 2.24) is 14.9 Å². The Morgan fingerprint density at radius 1 is 1.17 bits per heavy atom. The SMILES string of the molecule is Cc1ccc(NC(=O)c2cncnc2)cc1C(=O)N1CCOCC1. The summed E-state index contributed by atoms with van der Waals surface area (Å²) in [6.45, 7) is 4.14. The highest BCUT2D eigenvalue weighted by Crippen LogP contribution is 2.18. The van der Waals surface area contributed by atoms with E-state index in [1.807, 2.05) is 13.0 Å². The van der Waals surface area contributed by atoms with Crippen molar-refractivity contribution in [3.8, 4) is 0 Å². The molecule has 0 spiro atoms. The Morgan fingerprint density at radius 2 is 1.88 bits per heavy atom. The second kappa shape index (κ2) is 7.18. The summed E-state index contributed by atoms with van der Waals surface area (Å²) in [5, 5.41) is 2.77. The zero-order valence-electron chi connectivity index (χ0n) is 13.4. The summed E-state index contributed by atoms with van der Waals surface area (Å²) >= 11 is 0. The predicted molar refractivity (Wildman–Crippen MR) is 87.9 cm³/mol. The van der Waals surface area contributed by atoms with Crippen LogP contribution in [0.1, 0.15) is 26.3 Å². The van der Waals surface area contributed by atoms with Gasteiger partial charge in [-0.3, -0.25) is 9.59 Å². The molecule has 7 nitrogen and oxygen atoms in total. The van der Waals surface area contributed by atoms with Crippen molar-refractivity contribution in [2.75, 3.05) is 31.6 Å². The molecule has 124 valence electrons. The first kappa shape index (κ1) is 16.1. The normalized spacial score (nSPS) is 14.3. The van der Waals surface area contributed by atoms with Gasteiger partial charge in [0.05, 0.1) is 18.8 Å². The van der Waals surface area contributed by atoms with Gasteiger partial charge in [-0.15, -0.1) is 0 Å². The molecule has 1 aliphatic rings. The molecule has 0 aliphatic carbocycles. The number of nitrogens with zero attached hydrogens (tertiary/aromatic N) is 3. The minimum atomic E-state index is -0.316. The number of ether oxygens (including phenoxy) is 1. The van der Waals surface area contributed by atoms with Crippen LogP contribution in [-0.4, -0.2) is 53.0 Å². The summed E-state index contributed by atoms with van der Waals surface area (Å²) in [4.78, 5) is 34.3. The number of hydrogen-bond acceptors (Lipinski definition) is 5. The second-order valence-corrected chi connectivity index (χ2v) is 5.52. The van der Waals surface area contributed by atoms with E-state index in [0.717, 1.165) is 5.56 Å². The Balaban J connectivity index is 1.78. The fourth-order valence-corrected chi connectivity index (χ4v) is 2.49. The number of anilines is 1. The standard InChI is InChI=1S/C17H18N4O3/c1-12-2-3-14(20-16(22)13-9-18-11-19-10-13)8-15(12)17(23)21-4-6-24-7-5-21/h2-3,8-11H,4-7H2,1H3,(H,20,22). The van der Waals surface area contributed by atoms with Gasteiger partial charge in [0.25, 0.3) is 11.8 Å². The average molecular weight is 326 g/mol. The van der Waals surface area contributed by atoms with E-state index in [0.29, 0.717) is 43.1 Å². The highest BCUT2D eigenvalue weighted by atomic mass is 16.5. The number of carbonyl (C=O) groups is 2. The van der Waals surface area contributed by atoms with E-state index in [1.165, 1.54) is 18.7 Å². The lowest BCUT2D eigenvalue weighted by molar-refractivity contribution is 0.0302. The topological polar surface area (TPSA) is 84.4 Å². The molecule has 1 aromatic carbocycles. The lowest BCUT2D eigenvalue weighted by atomic mass is 10.1. The van der Waals surface area contributed by atoms with E-state index in [9.17, 15) is 9.59 Å². The van der Waals surface area contributed by atoms with Crippen molar-refractivity contribution >= 4 is 17.5 Å². The number of rotatable bonds is 3. The highest BCUT2D eigenvalue weighted by molar-refractivity contribution is 6.05. The molecule has 2 amide bonds. The van der Waals surface area contributed by atoms with Gasteiger partial charge >= 0.3 is 0 Å². The van der Waals surface area contributed by atoms with E-state index in [4.69, 9.17) is 4.74 Å². The summed E-state index contributed by atoms with van der Waals surface area (Å²) in [5.41, 5.74) is 2.37. The van der Waals surface area contributed by atoms with Gasteiger partial charge in [-0.25, -0.2) is 9.97 Å². The summed E-state index contributed by atoms with van der Waals surface area (Å²) in [6, 6.07) is 5.30. The number of benzene rings is 1. The first-order valence-corrected chi connectivity index (χ1v) is 7.69. The molecule has 7 heteroatoms. The van der Waals surface area contributed by atoms with Gasteiger partial charge in [-0.2, -0.15) is 0 Å². The number of aromatic nitrogens is 2. The summed E-state index contributed by atoms with van der Waals surface area (Å²) in [6.07, 6.45) is 4.24. The molecule has 1 fully saturated rings. The molecule has 0 atom stereocenters. The number of aryl methyl sites for hydroxylation is 1.